The van der Waals surface area contributed by atoms with Gasteiger partial charge >= 0.3 is 0 Å². The normalized spacial score (nSPS) is 12.2. The Labute approximate surface area is 226 Å². The average Bonchev–Trinajstić information content (AvgIpc) is 3.31. The van der Waals surface area contributed by atoms with E-state index in [0.29, 0.717) is 49.1 Å². The molecule has 36 heavy (non-hydrogen) atoms. The van der Waals surface area contributed by atoms with Gasteiger partial charge < -0.3 is 20.1 Å². The van der Waals surface area contributed by atoms with Crippen LogP contribution in [0.1, 0.15) is 12.2 Å². The fourth-order valence-electron chi connectivity index (χ4n) is 3.67. The molecule has 4 aromatic rings. The fraction of sp³-hybridized carbons (Fsp3) is 0.192. The molecule has 0 bridgehead atoms. The van der Waals surface area contributed by atoms with Crippen LogP contribution in [0.5, 0.6) is 11.5 Å². The zero-order chi connectivity index (χ0) is 24.7. The van der Waals surface area contributed by atoms with Gasteiger partial charge in [0.15, 0.2) is 22.5 Å². The maximum Gasteiger partial charge on any atom is 0.225 e. The molecule has 1 aliphatic heterocycles. The van der Waals surface area contributed by atoms with Gasteiger partial charge in [-0.3, -0.25) is 9.36 Å². The minimum absolute atomic E-state index is 0.0782. The van der Waals surface area contributed by atoms with Crippen LogP contribution in [0.25, 0.3) is 5.69 Å². The van der Waals surface area contributed by atoms with Crippen LogP contribution in [0.3, 0.4) is 0 Å². The number of halogens is 1. The number of fused-ring (bicyclic) bond motifs is 1. The summed E-state index contributed by atoms with van der Waals surface area (Å²) >= 11 is 3.79. The van der Waals surface area contributed by atoms with Gasteiger partial charge in [0.05, 0.1) is 6.54 Å². The van der Waals surface area contributed by atoms with Gasteiger partial charge in [-0.15, -0.1) is 10.2 Å². The summed E-state index contributed by atoms with van der Waals surface area (Å²) in [5.74, 6) is 2.62. The number of hydrogen-bond acceptors (Lipinski definition) is 7. The van der Waals surface area contributed by atoms with E-state index in [1.165, 1.54) is 15.3 Å². The molecule has 0 saturated carbocycles. The lowest BCUT2D eigenvalue weighted by Crippen LogP contribution is -2.16. The number of anilines is 2. The van der Waals surface area contributed by atoms with Crippen LogP contribution in [0.4, 0.5) is 11.4 Å². The van der Waals surface area contributed by atoms with Crippen molar-refractivity contribution in [3.63, 3.8) is 0 Å². The van der Waals surface area contributed by atoms with Gasteiger partial charge in [0.1, 0.15) is 13.2 Å². The topological polar surface area (TPSA) is 90.3 Å². The van der Waals surface area contributed by atoms with Gasteiger partial charge in [-0.05, 0) is 71.1 Å². The highest BCUT2D eigenvalue weighted by atomic mass is 127. The number of para-hydroxylation sites is 1. The molecule has 0 unspecified atom stereocenters. The minimum Gasteiger partial charge on any atom is -0.486 e. The number of aromatic nitrogens is 3. The van der Waals surface area contributed by atoms with E-state index in [9.17, 15) is 4.79 Å². The van der Waals surface area contributed by atoms with Gasteiger partial charge in [-0.1, -0.05) is 30.0 Å². The summed E-state index contributed by atoms with van der Waals surface area (Å²) in [7, 11) is 0. The van der Waals surface area contributed by atoms with Crippen molar-refractivity contribution in [1.29, 1.82) is 0 Å². The number of carbonyl (C=O) groups is 1. The quantitative estimate of drug-likeness (QED) is 0.194. The maximum atomic E-state index is 12.6. The van der Waals surface area contributed by atoms with E-state index in [0.717, 1.165) is 22.4 Å². The molecule has 0 fully saturated rings. The Balaban J connectivity index is 1.22. The van der Waals surface area contributed by atoms with Crippen molar-refractivity contribution in [3.05, 3.63) is 82.2 Å². The second-order valence-corrected chi connectivity index (χ2v) is 10.2. The van der Waals surface area contributed by atoms with Gasteiger partial charge in [0.2, 0.25) is 5.91 Å². The second kappa shape index (κ2) is 11.7. The van der Waals surface area contributed by atoms with Crippen molar-refractivity contribution in [2.24, 2.45) is 0 Å². The van der Waals surface area contributed by atoms with E-state index in [2.05, 4.69) is 55.6 Å². The molecule has 0 atom stereocenters. The molecular weight excluding hydrogens is 589 g/mol. The highest BCUT2D eigenvalue weighted by Gasteiger charge is 2.16. The molecular formula is C26H24IN5O3S. The van der Waals surface area contributed by atoms with Crippen molar-refractivity contribution < 1.29 is 14.3 Å². The van der Waals surface area contributed by atoms with Gasteiger partial charge in [0, 0.05) is 38.9 Å². The lowest BCUT2D eigenvalue weighted by atomic mass is 10.2. The number of rotatable bonds is 9. The number of hydrogen-bond donors (Lipinski definition) is 2. The van der Waals surface area contributed by atoms with Crippen LogP contribution in [0.2, 0.25) is 0 Å². The molecule has 10 heteroatoms. The number of amides is 1. The van der Waals surface area contributed by atoms with Gasteiger partial charge in [-0.2, -0.15) is 0 Å². The van der Waals surface area contributed by atoms with Gasteiger partial charge in [-0.25, -0.2) is 0 Å². The molecule has 2 N–H and O–H groups in total. The van der Waals surface area contributed by atoms with E-state index in [1.807, 2.05) is 59.2 Å². The molecule has 8 nitrogen and oxygen atoms in total. The number of benzene rings is 3. The summed E-state index contributed by atoms with van der Waals surface area (Å²) in [5, 5.41) is 15.9. The van der Waals surface area contributed by atoms with E-state index >= 15 is 0 Å². The smallest absolute Gasteiger partial charge is 0.225 e. The summed E-state index contributed by atoms with van der Waals surface area (Å²) < 4.78 is 14.3. The third-order valence-corrected chi connectivity index (χ3v) is 7.05. The number of carbonyl (C=O) groups excluding carboxylic acids is 1. The average molecular weight is 613 g/mol. The molecule has 184 valence electrons. The summed E-state index contributed by atoms with van der Waals surface area (Å²) in [4.78, 5) is 12.6. The van der Waals surface area contributed by atoms with Crippen molar-refractivity contribution in [1.82, 2.24) is 14.8 Å². The van der Waals surface area contributed by atoms with Crippen molar-refractivity contribution >= 4 is 51.6 Å². The zero-order valence-electron chi connectivity index (χ0n) is 19.3. The van der Waals surface area contributed by atoms with Crippen LogP contribution >= 0.6 is 34.4 Å². The lowest BCUT2D eigenvalue weighted by Gasteiger charge is -2.19. The highest BCUT2D eigenvalue weighted by Crippen LogP contribution is 2.32. The van der Waals surface area contributed by atoms with E-state index in [-0.39, 0.29) is 5.91 Å². The van der Waals surface area contributed by atoms with Crippen LogP contribution in [0, 0.1) is 3.57 Å². The number of nitrogens with one attached hydrogen (secondary N) is 2. The minimum atomic E-state index is -0.0782. The molecule has 1 aliphatic rings. The predicted octanol–water partition coefficient (Wildman–Crippen LogP) is 5.38. The molecule has 0 spiro atoms. The first kappa shape index (κ1) is 24.4. The predicted molar refractivity (Wildman–Crippen MR) is 149 cm³/mol. The van der Waals surface area contributed by atoms with Crippen LogP contribution in [0.15, 0.2) is 78.0 Å². The Bertz CT molecular complexity index is 1330. The zero-order valence-corrected chi connectivity index (χ0v) is 22.3. The Morgan fingerprint density at radius 1 is 0.944 bits per heavy atom. The van der Waals surface area contributed by atoms with Crippen LogP contribution in [-0.4, -0.2) is 39.6 Å². The first-order valence-corrected chi connectivity index (χ1v) is 13.5. The molecule has 1 amide bonds. The van der Waals surface area contributed by atoms with Crippen molar-refractivity contribution in [3.8, 4) is 17.2 Å². The summed E-state index contributed by atoms with van der Waals surface area (Å²) in [6.45, 7) is 1.56. The first-order chi connectivity index (χ1) is 17.7. The third kappa shape index (κ3) is 6.11. The molecule has 0 radical (unpaired) electrons. The second-order valence-electron chi connectivity index (χ2n) is 7.94. The maximum absolute atomic E-state index is 12.6. The Hall–Kier alpha value is -3.25. The first-order valence-electron chi connectivity index (χ1n) is 11.5. The number of ether oxygens (including phenoxy) is 2. The molecule has 5 rings (SSSR count). The molecule has 1 aromatic heterocycles. The number of thioether (sulfide) groups is 1. The van der Waals surface area contributed by atoms with Crippen LogP contribution < -0.4 is 20.1 Å². The molecule has 3 aromatic carbocycles. The fourth-order valence-corrected chi connectivity index (χ4v) is 4.94. The van der Waals surface area contributed by atoms with E-state index in [1.54, 1.807) is 6.07 Å². The van der Waals surface area contributed by atoms with E-state index < -0.39 is 0 Å². The summed E-state index contributed by atoms with van der Waals surface area (Å²) in [6, 6.07) is 23.6. The molecule has 2 heterocycles. The molecule has 0 aliphatic carbocycles. The standard InChI is InChI=1S/C26H24IN5O3S/c27-18-6-8-19(9-7-18)28-17-24-30-31-26(32(24)21-4-2-1-3-5-21)36-15-12-25(33)29-20-10-11-22-23(16-20)35-14-13-34-22/h1-11,16,28H,12-15,17H2,(H,29,33). The van der Waals surface area contributed by atoms with Crippen LogP contribution in [-0.2, 0) is 11.3 Å². The third-order valence-electron chi connectivity index (χ3n) is 5.40. The Morgan fingerprint density at radius 3 is 2.50 bits per heavy atom. The summed E-state index contributed by atoms with van der Waals surface area (Å²) in [6.07, 6.45) is 0.330. The Morgan fingerprint density at radius 2 is 1.69 bits per heavy atom. The monoisotopic (exact) mass is 613 g/mol. The van der Waals surface area contributed by atoms with Gasteiger partial charge in [0.25, 0.3) is 0 Å². The summed E-state index contributed by atoms with van der Waals surface area (Å²) in [5.41, 5.74) is 2.68. The van der Waals surface area contributed by atoms with Crippen molar-refractivity contribution in [2.45, 2.75) is 18.1 Å². The van der Waals surface area contributed by atoms with Crippen molar-refractivity contribution in [2.75, 3.05) is 29.6 Å². The number of nitrogens with zero attached hydrogens (tertiary/aromatic N) is 3. The SMILES string of the molecule is O=C(CCSc1nnc(CNc2ccc(I)cc2)n1-c1ccccc1)Nc1ccc2c(c1)OCCO2. The Kier molecular flexibility index (Phi) is 7.91. The van der Waals surface area contributed by atoms with E-state index in [4.69, 9.17) is 9.47 Å². The largest absolute Gasteiger partial charge is 0.486 e. The molecule has 0 saturated heterocycles. The lowest BCUT2D eigenvalue weighted by molar-refractivity contribution is -0.115. The highest BCUT2D eigenvalue weighted by molar-refractivity contribution is 14.1.